The highest BCUT2D eigenvalue weighted by Gasteiger charge is 2.39. The van der Waals surface area contributed by atoms with Crippen LogP contribution in [0.3, 0.4) is 0 Å². The third-order valence-electron chi connectivity index (χ3n) is 3.96. The minimum atomic E-state index is 0.467. The summed E-state index contributed by atoms with van der Waals surface area (Å²) in [5.41, 5.74) is 3.59. The number of nitrogens with zero attached hydrogens (tertiary/aromatic N) is 1. The highest BCUT2D eigenvalue weighted by molar-refractivity contribution is 5.32. The van der Waals surface area contributed by atoms with E-state index in [1.807, 2.05) is 0 Å². The maximum absolute atomic E-state index is 2.66. The van der Waals surface area contributed by atoms with E-state index in [1.54, 1.807) is 11.1 Å². The first kappa shape index (κ1) is 8.49. The molecule has 1 nitrogen and oxygen atoms in total. The van der Waals surface area contributed by atoms with Gasteiger partial charge >= 0.3 is 0 Å². The number of fused-ring (bicyclic) bond motifs is 2. The fraction of sp³-hybridized carbons (Fsp3) is 0.538. The predicted octanol–water partition coefficient (Wildman–Crippen LogP) is 2.60. The molecule has 2 aliphatic rings. The van der Waals surface area contributed by atoms with Crippen LogP contribution in [0.4, 0.5) is 0 Å². The van der Waals surface area contributed by atoms with Crippen molar-refractivity contribution in [2.24, 2.45) is 0 Å². The van der Waals surface area contributed by atoms with Crippen LogP contribution < -0.4 is 0 Å². The van der Waals surface area contributed by atoms with E-state index in [2.05, 4.69) is 36.1 Å². The zero-order valence-corrected chi connectivity index (χ0v) is 8.79. The second-order valence-electron chi connectivity index (χ2n) is 4.97. The number of rotatable bonds is 0. The molecule has 0 aromatic heterocycles. The Morgan fingerprint density at radius 2 is 2.00 bits per heavy atom. The fourth-order valence-corrected chi connectivity index (χ4v) is 3.05. The zero-order chi connectivity index (χ0) is 9.60. The van der Waals surface area contributed by atoms with E-state index >= 15 is 0 Å². The summed E-state index contributed by atoms with van der Waals surface area (Å²) in [6.45, 7) is 4.90. The topological polar surface area (TPSA) is 3.24 Å². The molecule has 0 saturated carbocycles. The molecule has 1 aromatic carbocycles. The number of benzene rings is 1. The summed E-state index contributed by atoms with van der Waals surface area (Å²) >= 11 is 0. The molecular formula is C13H17N. The summed E-state index contributed by atoms with van der Waals surface area (Å²) in [6.07, 6.45) is 4.01. The van der Waals surface area contributed by atoms with Crippen molar-refractivity contribution in [2.45, 2.75) is 38.3 Å². The Balaban J connectivity index is 2.02. The van der Waals surface area contributed by atoms with Crippen molar-refractivity contribution in [2.75, 3.05) is 6.54 Å². The Kier molecular flexibility index (Phi) is 1.72. The normalized spacial score (nSPS) is 31.2. The van der Waals surface area contributed by atoms with Crippen molar-refractivity contribution in [3.63, 3.8) is 0 Å². The van der Waals surface area contributed by atoms with Crippen molar-refractivity contribution in [1.82, 2.24) is 4.90 Å². The third kappa shape index (κ3) is 1.12. The molecule has 0 N–H and O–H groups in total. The average Bonchev–Trinajstić information content (AvgIpc) is 2.54. The van der Waals surface area contributed by atoms with Gasteiger partial charge in [-0.2, -0.15) is 0 Å². The summed E-state index contributed by atoms with van der Waals surface area (Å²) in [7, 11) is 0. The van der Waals surface area contributed by atoms with Crippen LogP contribution in [-0.4, -0.2) is 17.0 Å². The van der Waals surface area contributed by atoms with Gasteiger partial charge in [-0.15, -0.1) is 0 Å². The smallest absolute Gasteiger partial charge is 0.0242 e. The molecular weight excluding hydrogens is 170 g/mol. The Hall–Kier alpha value is -0.820. The largest absolute Gasteiger partial charge is 0.293 e. The molecule has 1 unspecified atom stereocenters. The lowest BCUT2D eigenvalue weighted by Crippen LogP contribution is -2.45. The van der Waals surface area contributed by atoms with Crippen molar-refractivity contribution in [1.29, 1.82) is 0 Å². The lowest BCUT2D eigenvalue weighted by atomic mass is 9.84. The van der Waals surface area contributed by atoms with Gasteiger partial charge in [0.05, 0.1) is 0 Å². The van der Waals surface area contributed by atoms with E-state index in [0.717, 1.165) is 0 Å². The molecule has 2 heterocycles. The highest BCUT2D eigenvalue weighted by Crippen LogP contribution is 2.38. The van der Waals surface area contributed by atoms with E-state index in [9.17, 15) is 0 Å². The molecule has 0 radical (unpaired) electrons. The molecule has 1 saturated heterocycles. The van der Waals surface area contributed by atoms with E-state index in [-0.39, 0.29) is 0 Å². The molecule has 1 heteroatoms. The Morgan fingerprint density at radius 1 is 1.21 bits per heavy atom. The second kappa shape index (κ2) is 2.83. The third-order valence-corrected chi connectivity index (χ3v) is 3.96. The van der Waals surface area contributed by atoms with Gasteiger partial charge < -0.3 is 0 Å². The second-order valence-corrected chi connectivity index (χ2v) is 4.97. The lowest BCUT2D eigenvalue weighted by Gasteiger charge is -2.40. The molecule has 14 heavy (non-hydrogen) atoms. The van der Waals surface area contributed by atoms with Gasteiger partial charge in [-0.3, -0.25) is 4.90 Å². The van der Waals surface area contributed by atoms with Crippen molar-refractivity contribution in [3.8, 4) is 0 Å². The molecule has 0 spiro atoms. The number of hydrogen-bond donors (Lipinski definition) is 0. The highest BCUT2D eigenvalue weighted by atomic mass is 15.2. The van der Waals surface area contributed by atoms with E-state index in [0.29, 0.717) is 5.54 Å². The van der Waals surface area contributed by atoms with E-state index in [4.69, 9.17) is 0 Å². The molecule has 74 valence electrons. The molecule has 1 atom stereocenters. The molecule has 2 aliphatic heterocycles. The molecule has 1 aromatic rings. The van der Waals surface area contributed by atoms with Crippen molar-refractivity contribution >= 4 is 0 Å². The quantitative estimate of drug-likeness (QED) is 0.603. The minimum Gasteiger partial charge on any atom is -0.293 e. The Labute approximate surface area is 85.7 Å². The minimum absolute atomic E-state index is 0.467. The summed E-state index contributed by atoms with van der Waals surface area (Å²) in [5.74, 6) is 0. The van der Waals surface area contributed by atoms with Crippen LogP contribution in [0.5, 0.6) is 0 Å². The van der Waals surface area contributed by atoms with Gasteiger partial charge in [0, 0.05) is 12.1 Å². The van der Waals surface area contributed by atoms with Crippen LogP contribution in [0, 0.1) is 0 Å². The van der Waals surface area contributed by atoms with Gasteiger partial charge in [0.15, 0.2) is 0 Å². The maximum Gasteiger partial charge on any atom is 0.0242 e. The maximum atomic E-state index is 2.66. The molecule has 1 fully saturated rings. The summed E-state index contributed by atoms with van der Waals surface area (Å²) < 4.78 is 0. The van der Waals surface area contributed by atoms with Gasteiger partial charge in [-0.1, -0.05) is 24.3 Å². The summed E-state index contributed by atoms with van der Waals surface area (Å²) in [4.78, 5) is 2.66. The first-order valence-electron chi connectivity index (χ1n) is 5.60. The van der Waals surface area contributed by atoms with Gasteiger partial charge in [0.25, 0.3) is 0 Å². The van der Waals surface area contributed by atoms with Crippen molar-refractivity contribution < 1.29 is 0 Å². The molecule has 0 aliphatic carbocycles. The van der Waals surface area contributed by atoms with E-state index < -0.39 is 0 Å². The zero-order valence-electron chi connectivity index (χ0n) is 8.79. The van der Waals surface area contributed by atoms with Gasteiger partial charge in [0.1, 0.15) is 0 Å². The molecule has 3 rings (SSSR count). The van der Waals surface area contributed by atoms with Crippen molar-refractivity contribution in [3.05, 3.63) is 35.4 Å². The van der Waals surface area contributed by atoms with Crippen LogP contribution in [-0.2, 0) is 13.0 Å². The Bertz CT molecular complexity index is 358. The lowest BCUT2D eigenvalue weighted by molar-refractivity contribution is 0.132. The fourth-order valence-electron chi connectivity index (χ4n) is 3.05. The first-order valence-corrected chi connectivity index (χ1v) is 5.60. The molecule has 0 amide bonds. The SMILES string of the molecule is CC12CCCN1Cc1ccccc1C2. The van der Waals surface area contributed by atoms with Crippen LogP contribution in [0.2, 0.25) is 0 Å². The van der Waals surface area contributed by atoms with Crippen LogP contribution in [0.1, 0.15) is 30.9 Å². The van der Waals surface area contributed by atoms with Gasteiger partial charge in [0.2, 0.25) is 0 Å². The predicted molar refractivity (Wildman–Crippen MR) is 58.2 cm³/mol. The molecule has 0 bridgehead atoms. The Morgan fingerprint density at radius 3 is 2.86 bits per heavy atom. The van der Waals surface area contributed by atoms with Crippen LogP contribution in [0.25, 0.3) is 0 Å². The summed E-state index contributed by atoms with van der Waals surface area (Å²) in [6, 6.07) is 8.92. The number of hydrogen-bond acceptors (Lipinski definition) is 1. The van der Waals surface area contributed by atoms with Crippen LogP contribution >= 0.6 is 0 Å². The van der Waals surface area contributed by atoms with Gasteiger partial charge in [-0.05, 0) is 43.9 Å². The van der Waals surface area contributed by atoms with Crippen LogP contribution in [0.15, 0.2) is 24.3 Å². The first-order chi connectivity index (χ1) is 6.78. The standard InChI is InChI=1S/C13H17N/c1-13-7-4-8-14(13)10-12-6-3-2-5-11(12)9-13/h2-3,5-6H,4,7-10H2,1H3. The monoisotopic (exact) mass is 187 g/mol. The average molecular weight is 187 g/mol. The van der Waals surface area contributed by atoms with Gasteiger partial charge in [-0.25, -0.2) is 0 Å². The van der Waals surface area contributed by atoms with E-state index in [1.165, 1.54) is 32.4 Å². The summed E-state index contributed by atoms with van der Waals surface area (Å²) in [5, 5.41) is 0.